The first-order valence-electron chi connectivity index (χ1n) is 5.55. The number of nitrogens with zero attached hydrogens (tertiary/aromatic N) is 1. The van der Waals surface area contributed by atoms with Gasteiger partial charge >= 0.3 is 0 Å². The average Bonchev–Trinajstić information content (AvgIpc) is 2.70. The SMILES string of the molecule is CNC(=O)CN(C)CC(=O)C1CCCC1. The summed E-state index contributed by atoms with van der Waals surface area (Å²) in [4.78, 5) is 24.6. The van der Waals surface area contributed by atoms with Crippen LogP contribution in [0.4, 0.5) is 0 Å². The summed E-state index contributed by atoms with van der Waals surface area (Å²) in [6.45, 7) is 0.701. The highest BCUT2D eigenvalue weighted by molar-refractivity contribution is 5.84. The Balaban J connectivity index is 2.27. The highest BCUT2D eigenvalue weighted by Gasteiger charge is 2.23. The number of hydrogen-bond donors (Lipinski definition) is 1. The molecule has 0 aromatic rings. The quantitative estimate of drug-likeness (QED) is 0.718. The number of carbonyl (C=O) groups is 2. The maximum absolute atomic E-state index is 11.8. The van der Waals surface area contributed by atoms with Crippen molar-refractivity contribution in [1.82, 2.24) is 10.2 Å². The molecule has 0 saturated heterocycles. The molecule has 0 aromatic heterocycles. The van der Waals surface area contributed by atoms with Crippen molar-refractivity contribution in [2.45, 2.75) is 25.7 Å². The molecule has 0 atom stereocenters. The minimum absolute atomic E-state index is 0.0447. The Labute approximate surface area is 91.0 Å². The normalized spacial score (nSPS) is 17.0. The van der Waals surface area contributed by atoms with Crippen molar-refractivity contribution in [1.29, 1.82) is 0 Å². The van der Waals surface area contributed by atoms with Gasteiger partial charge in [0.1, 0.15) is 5.78 Å². The van der Waals surface area contributed by atoms with Gasteiger partial charge in [0.05, 0.1) is 13.1 Å². The van der Waals surface area contributed by atoms with E-state index in [1.807, 2.05) is 7.05 Å². The molecular formula is C11H20N2O2. The zero-order valence-electron chi connectivity index (χ0n) is 9.58. The third-order valence-electron chi connectivity index (χ3n) is 2.93. The van der Waals surface area contributed by atoms with Gasteiger partial charge in [-0.3, -0.25) is 14.5 Å². The van der Waals surface area contributed by atoms with Crippen molar-refractivity contribution >= 4 is 11.7 Å². The molecule has 0 aliphatic heterocycles. The van der Waals surface area contributed by atoms with Crippen LogP contribution in [0.15, 0.2) is 0 Å². The molecule has 1 amide bonds. The molecule has 15 heavy (non-hydrogen) atoms. The molecule has 0 aromatic carbocycles. The Morgan fingerprint density at radius 3 is 2.40 bits per heavy atom. The van der Waals surface area contributed by atoms with E-state index in [0.717, 1.165) is 12.8 Å². The summed E-state index contributed by atoms with van der Waals surface area (Å²) in [6, 6.07) is 0. The molecule has 0 bridgehead atoms. The molecule has 1 rings (SSSR count). The lowest BCUT2D eigenvalue weighted by Gasteiger charge is -2.16. The van der Waals surface area contributed by atoms with E-state index in [-0.39, 0.29) is 11.8 Å². The monoisotopic (exact) mass is 212 g/mol. The highest BCUT2D eigenvalue weighted by Crippen LogP contribution is 2.25. The van der Waals surface area contributed by atoms with Gasteiger partial charge in [0.2, 0.25) is 5.91 Å². The van der Waals surface area contributed by atoms with Gasteiger partial charge in [-0.15, -0.1) is 0 Å². The molecule has 0 heterocycles. The third-order valence-corrected chi connectivity index (χ3v) is 2.93. The molecule has 0 spiro atoms. The number of nitrogens with one attached hydrogen (secondary N) is 1. The molecule has 4 heteroatoms. The van der Waals surface area contributed by atoms with Crippen LogP contribution in [-0.4, -0.2) is 43.8 Å². The average molecular weight is 212 g/mol. The van der Waals surface area contributed by atoms with Gasteiger partial charge in [-0.1, -0.05) is 12.8 Å². The van der Waals surface area contributed by atoms with Crippen LogP contribution in [0.2, 0.25) is 0 Å². The van der Waals surface area contributed by atoms with E-state index in [9.17, 15) is 9.59 Å². The van der Waals surface area contributed by atoms with E-state index in [4.69, 9.17) is 0 Å². The van der Waals surface area contributed by atoms with Gasteiger partial charge in [-0.05, 0) is 19.9 Å². The molecular weight excluding hydrogens is 192 g/mol. The molecule has 1 N–H and O–H groups in total. The fourth-order valence-electron chi connectivity index (χ4n) is 2.02. The van der Waals surface area contributed by atoms with E-state index < -0.39 is 0 Å². The summed E-state index contributed by atoms with van der Waals surface area (Å²) in [7, 11) is 3.41. The van der Waals surface area contributed by atoms with Crippen LogP contribution in [0.3, 0.4) is 0 Å². The Kier molecular flexibility index (Phi) is 4.75. The first-order valence-corrected chi connectivity index (χ1v) is 5.55. The zero-order chi connectivity index (χ0) is 11.3. The summed E-state index contributed by atoms with van der Waals surface area (Å²) in [6.07, 6.45) is 4.42. The van der Waals surface area contributed by atoms with E-state index in [0.29, 0.717) is 18.9 Å². The predicted octanol–water partition coefficient (Wildman–Crippen LogP) is 0.423. The van der Waals surface area contributed by atoms with Gasteiger partial charge in [-0.25, -0.2) is 0 Å². The molecule has 1 fully saturated rings. The Bertz CT molecular complexity index is 235. The number of ketones is 1. The number of carbonyl (C=O) groups excluding carboxylic acids is 2. The van der Waals surface area contributed by atoms with Crippen molar-refractivity contribution in [3.63, 3.8) is 0 Å². The van der Waals surface area contributed by atoms with Crippen LogP contribution < -0.4 is 5.32 Å². The molecule has 1 saturated carbocycles. The summed E-state index contributed by atoms with van der Waals surface area (Å²) in [5, 5.41) is 2.55. The van der Waals surface area contributed by atoms with Crippen LogP contribution in [0.25, 0.3) is 0 Å². The maximum atomic E-state index is 11.8. The van der Waals surface area contributed by atoms with Crippen LogP contribution >= 0.6 is 0 Å². The molecule has 0 radical (unpaired) electrons. The van der Waals surface area contributed by atoms with Crippen molar-refractivity contribution in [3.05, 3.63) is 0 Å². The lowest BCUT2D eigenvalue weighted by molar-refractivity contribution is -0.125. The van der Waals surface area contributed by atoms with E-state index >= 15 is 0 Å². The van der Waals surface area contributed by atoms with Crippen LogP contribution in [0.1, 0.15) is 25.7 Å². The van der Waals surface area contributed by atoms with Gasteiger partial charge < -0.3 is 5.32 Å². The fourth-order valence-corrected chi connectivity index (χ4v) is 2.02. The summed E-state index contributed by atoms with van der Waals surface area (Å²) >= 11 is 0. The Morgan fingerprint density at radius 1 is 1.27 bits per heavy atom. The van der Waals surface area contributed by atoms with E-state index in [1.165, 1.54) is 12.8 Å². The first-order chi connectivity index (χ1) is 7.13. The van der Waals surface area contributed by atoms with Gasteiger partial charge in [-0.2, -0.15) is 0 Å². The largest absolute Gasteiger partial charge is 0.358 e. The topological polar surface area (TPSA) is 49.4 Å². The van der Waals surface area contributed by atoms with Crippen LogP contribution in [0.5, 0.6) is 0 Å². The number of likely N-dealkylation sites (N-methyl/N-ethyl adjacent to an activating group) is 2. The number of Topliss-reactive ketones (excluding diaryl/α,β-unsaturated/α-hetero) is 1. The predicted molar refractivity (Wildman–Crippen MR) is 58.5 cm³/mol. The van der Waals surface area contributed by atoms with Gasteiger partial charge in [0, 0.05) is 13.0 Å². The lowest BCUT2D eigenvalue weighted by atomic mass is 10.0. The first kappa shape index (κ1) is 12.2. The van der Waals surface area contributed by atoms with Gasteiger partial charge in [0.15, 0.2) is 0 Å². The lowest BCUT2D eigenvalue weighted by Crippen LogP contribution is -2.37. The number of hydrogen-bond acceptors (Lipinski definition) is 3. The molecule has 1 aliphatic carbocycles. The van der Waals surface area contributed by atoms with Crippen molar-refractivity contribution in [2.75, 3.05) is 27.2 Å². The van der Waals surface area contributed by atoms with E-state index in [1.54, 1.807) is 11.9 Å². The van der Waals surface area contributed by atoms with Crippen LogP contribution in [0, 0.1) is 5.92 Å². The van der Waals surface area contributed by atoms with Crippen LogP contribution in [-0.2, 0) is 9.59 Å². The molecule has 4 nitrogen and oxygen atoms in total. The standard InChI is InChI=1S/C11H20N2O2/c1-12-11(15)8-13(2)7-10(14)9-5-3-4-6-9/h9H,3-8H2,1-2H3,(H,12,15). The second-order valence-corrected chi connectivity index (χ2v) is 4.29. The Hall–Kier alpha value is -0.900. The van der Waals surface area contributed by atoms with Crippen molar-refractivity contribution < 1.29 is 9.59 Å². The van der Waals surface area contributed by atoms with Crippen molar-refractivity contribution in [2.24, 2.45) is 5.92 Å². The highest BCUT2D eigenvalue weighted by atomic mass is 16.2. The van der Waals surface area contributed by atoms with Gasteiger partial charge in [0.25, 0.3) is 0 Å². The van der Waals surface area contributed by atoms with Crippen molar-refractivity contribution in [3.8, 4) is 0 Å². The second kappa shape index (κ2) is 5.85. The third kappa shape index (κ3) is 4.00. The minimum Gasteiger partial charge on any atom is -0.358 e. The number of rotatable bonds is 5. The minimum atomic E-state index is -0.0447. The van der Waals surface area contributed by atoms with E-state index in [2.05, 4.69) is 5.32 Å². The summed E-state index contributed by atoms with van der Waals surface area (Å²) in [5.74, 6) is 0.493. The Morgan fingerprint density at radius 2 is 1.87 bits per heavy atom. The molecule has 1 aliphatic rings. The molecule has 0 unspecified atom stereocenters. The molecule has 86 valence electrons. The number of amides is 1. The smallest absolute Gasteiger partial charge is 0.233 e. The zero-order valence-corrected chi connectivity index (χ0v) is 9.58. The summed E-state index contributed by atoms with van der Waals surface area (Å²) < 4.78 is 0. The second-order valence-electron chi connectivity index (χ2n) is 4.29. The summed E-state index contributed by atoms with van der Waals surface area (Å²) in [5.41, 5.74) is 0. The maximum Gasteiger partial charge on any atom is 0.233 e. The fraction of sp³-hybridized carbons (Fsp3) is 0.818.